The SMILES string of the molecule is CCCNC(c1c(Br)cnn1C)C1CCCC(CC)C1. The van der Waals surface area contributed by atoms with E-state index in [0.29, 0.717) is 6.04 Å². The lowest BCUT2D eigenvalue weighted by atomic mass is 9.76. The first-order chi connectivity index (χ1) is 9.67. The Morgan fingerprint density at radius 1 is 1.45 bits per heavy atom. The van der Waals surface area contributed by atoms with Crippen molar-refractivity contribution in [1.82, 2.24) is 15.1 Å². The fourth-order valence-corrected chi connectivity index (χ4v) is 4.16. The van der Waals surface area contributed by atoms with Crippen LogP contribution in [0.1, 0.15) is 64.1 Å². The van der Waals surface area contributed by atoms with Crippen LogP contribution < -0.4 is 5.32 Å². The highest BCUT2D eigenvalue weighted by atomic mass is 79.9. The van der Waals surface area contributed by atoms with Crippen LogP contribution in [0, 0.1) is 11.8 Å². The van der Waals surface area contributed by atoms with Crippen molar-refractivity contribution < 1.29 is 0 Å². The van der Waals surface area contributed by atoms with Crippen LogP contribution in [0.15, 0.2) is 10.7 Å². The molecule has 0 spiro atoms. The molecule has 1 fully saturated rings. The number of rotatable bonds is 6. The Balaban J connectivity index is 2.18. The van der Waals surface area contributed by atoms with Gasteiger partial charge in [-0.1, -0.05) is 33.1 Å². The fourth-order valence-electron chi connectivity index (χ4n) is 3.56. The van der Waals surface area contributed by atoms with Gasteiger partial charge in [-0.2, -0.15) is 5.10 Å². The Morgan fingerprint density at radius 2 is 2.25 bits per heavy atom. The summed E-state index contributed by atoms with van der Waals surface area (Å²) in [6.45, 7) is 5.65. The Morgan fingerprint density at radius 3 is 2.85 bits per heavy atom. The van der Waals surface area contributed by atoms with Crippen molar-refractivity contribution in [2.24, 2.45) is 18.9 Å². The number of aromatic nitrogens is 2. The molecule has 1 aliphatic rings. The molecule has 1 heterocycles. The summed E-state index contributed by atoms with van der Waals surface area (Å²) in [5.74, 6) is 1.65. The molecule has 1 aliphatic carbocycles. The van der Waals surface area contributed by atoms with E-state index >= 15 is 0 Å². The van der Waals surface area contributed by atoms with E-state index in [1.807, 2.05) is 10.9 Å². The summed E-state index contributed by atoms with van der Waals surface area (Å²) in [7, 11) is 2.06. The van der Waals surface area contributed by atoms with Crippen LogP contribution >= 0.6 is 15.9 Å². The van der Waals surface area contributed by atoms with Gasteiger partial charge in [0, 0.05) is 7.05 Å². The van der Waals surface area contributed by atoms with Gasteiger partial charge in [-0.15, -0.1) is 0 Å². The van der Waals surface area contributed by atoms with Crippen molar-refractivity contribution in [3.05, 3.63) is 16.4 Å². The van der Waals surface area contributed by atoms with Crippen molar-refractivity contribution in [3.8, 4) is 0 Å². The van der Waals surface area contributed by atoms with E-state index < -0.39 is 0 Å². The van der Waals surface area contributed by atoms with E-state index in [4.69, 9.17) is 0 Å². The molecular weight excluding hydrogens is 314 g/mol. The van der Waals surface area contributed by atoms with Gasteiger partial charge in [0.05, 0.1) is 22.4 Å². The molecule has 3 unspecified atom stereocenters. The maximum atomic E-state index is 4.41. The zero-order chi connectivity index (χ0) is 14.5. The van der Waals surface area contributed by atoms with Crippen LogP contribution in [0.5, 0.6) is 0 Å². The molecule has 1 aromatic rings. The zero-order valence-corrected chi connectivity index (χ0v) is 14.6. The Hall–Kier alpha value is -0.350. The van der Waals surface area contributed by atoms with Gasteiger partial charge in [0.15, 0.2) is 0 Å². The third-order valence-electron chi connectivity index (χ3n) is 4.72. The second-order valence-corrected chi connectivity index (χ2v) is 6.99. The minimum atomic E-state index is 0.436. The molecule has 0 radical (unpaired) electrons. The first kappa shape index (κ1) is 16.0. The van der Waals surface area contributed by atoms with Gasteiger partial charge < -0.3 is 5.32 Å². The normalized spacial score (nSPS) is 24.8. The Kier molecular flexibility index (Phi) is 6.09. The fraction of sp³-hybridized carbons (Fsp3) is 0.812. The monoisotopic (exact) mass is 341 g/mol. The number of nitrogens with zero attached hydrogens (tertiary/aromatic N) is 2. The summed E-state index contributed by atoms with van der Waals surface area (Å²) in [4.78, 5) is 0. The van der Waals surface area contributed by atoms with Gasteiger partial charge in [0.25, 0.3) is 0 Å². The second-order valence-electron chi connectivity index (χ2n) is 6.13. The maximum Gasteiger partial charge on any atom is 0.0695 e. The number of nitrogens with one attached hydrogen (secondary N) is 1. The molecular formula is C16H28BrN3. The van der Waals surface area contributed by atoms with E-state index in [2.05, 4.69) is 47.2 Å². The van der Waals surface area contributed by atoms with E-state index in [0.717, 1.165) is 22.9 Å². The molecule has 1 saturated carbocycles. The summed E-state index contributed by atoms with van der Waals surface area (Å²) < 4.78 is 3.18. The minimum absolute atomic E-state index is 0.436. The first-order valence-electron chi connectivity index (χ1n) is 8.08. The molecule has 114 valence electrons. The van der Waals surface area contributed by atoms with E-state index in [1.165, 1.54) is 44.2 Å². The predicted molar refractivity (Wildman–Crippen MR) is 87.7 cm³/mol. The molecule has 0 aliphatic heterocycles. The molecule has 2 rings (SSSR count). The molecule has 4 heteroatoms. The zero-order valence-electron chi connectivity index (χ0n) is 13.0. The van der Waals surface area contributed by atoms with Crippen LogP contribution in [0.2, 0.25) is 0 Å². The van der Waals surface area contributed by atoms with Crippen LogP contribution in [-0.4, -0.2) is 16.3 Å². The van der Waals surface area contributed by atoms with Gasteiger partial charge in [-0.3, -0.25) is 4.68 Å². The predicted octanol–water partition coefficient (Wildman–Crippen LogP) is 4.44. The summed E-state index contributed by atoms with van der Waals surface area (Å²) in [6, 6.07) is 0.436. The van der Waals surface area contributed by atoms with Crippen LogP contribution in [-0.2, 0) is 7.05 Å². The van der Waals surface area contributed by atoms with E-state index in [-0.39, 0.29) is 0 Å². The van der Waals surface area contributed by atoms with Crippen molar-refractivity contribution in [1.29, 1.82) is 0 Å². The highest BCUT2D eigenvalue weighted by Crippen LogP contribution is 2.40. The average molecular weight is 342 g/mol. The number of aryl methyl sites for hydroxylation is 1. The quantitative estimate of drug-likeness (QED) is 0.828. The molecule has 20 heavy (non-hydrogen) atoms. The van der Waals surface area contributed by atoms with Crippen LogP contribution in [0.3, 0.4) is 0 Å². The standard InChI is InChI=1S/C16H28BrN3/c1-4-9-18-15(16-14(17)11-19-20(16)3)13-8-6-7-12(5-2)10-13/h11-13,15,18H,4-10H2,1-3H3. The van der Waals surface area contributed by atoms with Gasteiger partial charge in [-0.25, -0.2) is 0 Å². The minimum Gasteiger partial charge on any atom is -0.308 e. The van der Waals surface area contributed by atoms with Crippen LogP contribution in [0.25, 0.3) is 0 Å². The molecule has 3 atom stereocenters. The summed E-state index contributed by atoms with van der Waals surface area (Å²) in [6.07, 6.45) is 9.92. The second kappa shape index (κ2) is 7.60. The van der Waals surface area contributed by atoms with Crippen molar-refractivity contribution in [2.45, 2.75) is 58.4 Å². The Bertz CT molecular complexity index is 396. The maximum absolute atomic E-state index is 4.41. The lowest BCUT2D eigenvalue weighted by molar-refractivity contribution is 0.204. The largest absolute Gasteiger partial charge is 0.308 e. The Labute approximate surface area is 131 Å². The summed E-state index contributed by atoms with van der Waals surface area (Å²) in [5, 5.41) is 8.19. The average Bonchev–Trinajstić information content (AvgIpc) is 2.80. The summed E-state index contributed by atoms with van der Waals surface area (Å²) >= 11 is 3.69. The molecule has 0 bridgehead atoms. The third-order valence-corrected chi connectivity index (χ3v) is 5.33. The first-order valence-corrected chi connectivity index (χ1v) is 8.87. The number of halogens is 1. The van der Waals surface area contributed by atoms with E-state index in [1.54, 1.807) is 0 Å². The van der Waals surface area contributed by atoms with Crippen molar-refractivity contribution >= 4 is 15.9 Å². The molecule has 0 aromatic carbocycles. The van der Waals surface area contributed by atoms with Crippen molar-refractivity contribution in [2.75, 3.05) is 6.54 Å². The van der Waals surface area contributed by atoms with Gasteiger partial charge in [0.1, 0.15) is 0 Å². The third kappa shape index (κ3) is 3.64. The lowest BCUT2D eigenvalue weighted by Crippen LogP contribution is -2.33. The lowest BCUT2D eigenvalue weighted by Gasteiger charge is -2.35. The van der Waals surface area contributed by atoms with Gasteiger partial charge in [0.2, 0.25) is 0 Å². The number of hydrogen-bond donors (Lipinski definition) is 1. The molecule has 1 aromatic heterocycles. The molecule has 1 N–H and O–H groups in total. The summed E-state index contributed by atoms with van der Waals surface area (Å²) in [5.41, 5.74) is 1.32. The highest BCUT2D eigenvalue weighted by Gasteiger charge is 2.31. The molecule has 0 saturated heterocycles. The van der Waals surface area contributed by atoms with Gasteiger partial charge in [-0.05, 0) is 53.6 Å². The topological polar surface area (TPSA) is 29.9 Å². The van der Waals surface area contributed by atoms with Crippen LogP contribution in [0.4, 0.5) is 0 Å². The highest BCUT2D eigenvalue weighted by molar-refractivity contribution is 9.10. The number of hydrogen-bond acceptors (Lipinski definition) is 2. The molecule has 3 nitrogen and oxygen atoms in total. The van der Waals surface area contributed by atoms with E-state index in [9.17, 15) is 0 Å². The van der Waals surface area contributed by atoms with Gasteiger partial charge >= 0.3 is 0 Å². The van der Waals surface area contributed by atoms with Crippen molar-refractivity contribution in [3.63, 3.8) is 0 Å². The smallest absolute Gasteiger partial charge is 0.0695 e. The molecule has 0 amide bonds.